The molecule has 0 spiro atoms. The summed E-state index contributed by atoms with van der Waals surface area (Å²) in [6.45, 7) is 7.75. The highest BCUT2D eigenvalue weighted by Crippen LogP contribution is 2.29. The van der Waals surface area contributed by atoms with Crippen molar-refractivity contribution in [2.24, 2.45) is 0 Å². The van der Waals surface area contributed by atoms with Crippen LogP contribution in [0, 0.1) is 0 Å². The van der Waals surface area contributed by atoms with Gasteiger partial charge in [-0.05, 0) is 61.6 Å². The molecule has 2 aromatic heterocycles. The van der Waals surface area contributed by atoms with Crippen molar-refractivity contribution in [1.29, 1.82) is 0 Å². The zero-order chi connectivity index (χ0) is 20.1. The van der Waals surface area contributed by atoms with Gasteiger partial charge in [0, 0.05) is 48.2 Å². The minimum absolute atomic E-state index is 0.0306. The van der Waals surface area contributed by atoms with Crippen LogP contribution in [0.15, 0.2) is 36.4 Å². The minimum Gasteiger partial charge on any atom is -0.353 e. The number of aromatic nitrogens is 1. The van der Waals surface area contributed by atoms with Crippen LogP contribution in [-0.2, 0) is 17.8 Å². The SMILES string of the molecule is CC(=O)NCc1ccc(CCCCN2CCN(c3nsc4ccccc34)CC2)s1. The predicted octanol–water partition coefficient (Wildman–Crippen LogP) is 4.14. The molecular weight excluding hydrogens is 400 g/mol. The van der Waals surface area contributed by atoms with Crippen molar-refractivity contribution in [1.82, 2.24) is 14.6 Å². The topological polar surface area (TPSA) is 48.5 Å². The average molecular weight is 429 g/mol. The molecule has 5 nitrogen and oxygen atoms in total. The summed E-state index contributed by atoms with van der Waals surface area (Å²) in [7, 11) is 0. The Morgan fingerprint density at radius 2 is 1.86 bits per heavy atom. The summed E-state index contributed by atoms with van der Waals surface area (Å²) in [5.41, 5.74) is 0. The summed E-state index contributed by atoms with van der Waals surface area (Å²) >= 11 is 3.42. The summed E-state index contributed by atoms with van der Waals surface area (Å²) in [6, 6.07) is 12.9. The number of nitrogens with zero attached hydrogens (tertiary/aromatic N) is 3. The lowest BCUT2D eigenvalue weighted by Gasteiger charge is -2.35. The number of aryl methyl sites for hydroxylation is 1. The molecule has 0 unspecified atom stereocenters. The summed E-state index contributed by atoms with van der Waals surface area (Å²) in [4.78, 5) is 18.7. The number of anilines is 1. The van der Waals surface area contributed by atoms with E-state index < -0.39 is 0 Å². The molecule has 0 atom stereocenters. The van der Waals surface area contributed by atoms with Crippen LogP contribution in [0.25, 0.3) is 10.1 Å². The molecular formula is C22H28N4OS2. The van der Waals surface area contributed by atoms with E-state index in [1.54, 1.807) is 18.5 Å². The molecule has 0 bridgehead atoms. The second-order valence-corrected chi connectivity index (χ2v) is 9.62. The van der Waals surface area contributed by atoms with Crippen LogP contribution in [0.3, 0.4) is 0 Å². The first-order valence-corrected chi connectivity index (χ1v) is 11.9. The first-order valence-electron chi connectivity index (χ1n) is 10.3. The number of hydrogen-bond donors (Lipinski definition) is 1. The van der Waals surface area contributed by atoms with Gasteiger partial charge >= 0.3 is 0 Å². The number of amides is 1. The molecule has 4 rings (SSSR count). The van der Waals surface area contributed by atoms with E-state index in [1.165, 1.54) is 39.2 Å². The smallest absolute Gasteiger partial charge is 0.217 e. The Kier molecular flexibility index (Phi) is 6.79. The lowest BCUT2D eigenvalue weighted by molar-refractivity contribution is -0.119. The molecule has 1 aliphatic rings. The number of nitrogens with one attached hydrogen (secondary N) is 1. The van der Waals surface area contributed by atoms with Crippen LogP contribution in [0.1, 0.15) is 29.5 Å². The lowest BCUT2D eigenvalue weighted by atomic mass is 10.2. The van der Waals surface area contributed by atoms with Crippen LogP contribution >= 0.6 is 22.9 Å². The fourth-order valence-electron chi connectivity index (χ4n) is 3.78. The molecule has 1 aromatic carbocycles. The van der Waals surface area contributed by atoms with Gasteiger partial charge in [0.15, 0.2) is 0 Å². The first kappa shape index (κ1) is 20.3. The molecule has 154 valence electrons. The summed E-state index contributed by atoms with van der Waals surface area (Å²) < 4.78 is 5.98. The highest BCUT2D eigenvalue weighted by atomic mass is 32.1. The van der Waals surface area contributed by atoms with Crippen LogP contribution in [0.2, 0.25) is 0 Å². The number of benzene rings is 1. The molecule has 1 amide bonds. The maximum absolute atomic E-state index is 11.0. The number of carbonyl (C=O) groups is 1. The van der Waals surface area contributed by atoms with Gasteiger partial charge < -0.3 is 10.2 Å². The molecule has 1 aliphatic heterocycles. The van der Waals surface area contributed by atoms with Crippen molar-refractivity contribution in [3.8, 4) is 0 Å². The van der Waals surface area contributed by atoms with Crippen molar-refractivity contribution in [3.63, 3.8) is 0 Å². The monoisotopic (exact) mass is 428 g/mol. The van der Waals surface area contributed by atoms with Crippen molar-refractivity contribution in [2.45, 2.75) is 32.7 Å². The molecule has 0 aliphatic carbocycles. The van der Waals surface area contributed by atoms with Gasteiger partial charge in [-0.2, -0.15) is 4.37 Å². The normalized spacial score (nSPS) is 15.1. The molecule has 0 saturated carbocycles. The van der Waals surface area contributed by atoms with E-state index in [2.05, 4.69) is 51.5 Å². The van der Waals surface area contributed by atoms with Gasteiger partial charge in [0.05, 0.1) is 11.2 Å². The highest BCUT2D eigenvalue weighted by molar-refractivity contribution is 7.13. The van der Waals surface area contributed by atoms with Gasteiger partial charge in [0.2, 0.25) is 5.91 Å². The lowest BCUT2D eigenvalue weighted by Crippen LogP contribution is -2.46. The Hall–Kier alpha value is -1.96. The number of unbranched alkanes of at least 4 members (excludes halogenated alkanes) is 1. The summed E-state index contributed by atoms with van der Waals surface area (Å²) in [5.74, 6) is 1.20. The van der Waals surface area contributed by atoms with E-state index in [9.17, 15) is 4.79 Å². The number of rotatable bonds is 8. The van der Waals surface area contributed by atoms with Gasteiger partial charge in [-0.3, -0.25) is 9.69 Å². The maximum atomic E-state index is 11.0. The summed E-state index contributed by atoms with van der Waals surface area (Å²) in [6.07, 6.45) is 3.59. The van der Waals surface area contributed by atoms with E-state index in [-0.39, 0.29) is 5.91 Å². The van der Waals surface area contributed by atoms with Crippen molar-refractivity contribution >= 4 is 44.7 Å². The Morgan fingerprint density at radius 3 is 2.69 bits per heavy atom. The van der Waals surface area contributed by atoms with Crippen LogP contribution < -0.4 is 10.2 Å². The number of fused-ring (bicyclic) bond motifs is 1. The molecule has 1 saturated heterocycles. The van der Waals surface area contributed by atoms with Crippen molar-refractivity contribution in [3.05, 3.63) is 46.2 Å². The standard InChI is InChI=1S/C22H28N4OS2/c1-17(27)23-16-19-10-9-18(28-19)6-4-5-11-25-12-14-26(15-13-25)22-20-7-2-3-8-21(20)29-24-22/h2-3,7-10H,4-6,11-16H2,1H3,(H,23,27). The largest absolute Gasteiger partial charge is 0.353 e. The van der Waals surface area contributed by atoms with E-state index in [4.69, 9.17) is 4.37 Å². The number of thiophene rings is 1. The molecule has 3 heterocycles. The molecule has 29 heavy (non-hydrogen) atoms. The van der Waals surface area contributed by atoms with E-state index >= 15 is 0 Å². The predicted molar refractivity (Wildman–Crippen MR) is 123 cm³/mol. The highest BCUT2D eigenvalue weighted by Gasteiger charge is 2.20. The van der Waals surface area contributed by atoms with Crippen LogP contribution in [0.5, 0.6) is 0 Å². The van der Waals surface area contributed by atoms with E-state index in [0.717, 1.165) is 38.4 Å². The zero-order valence-corrected chi connectivity index (χ0v) is 18.5. The minimum atomic E-state index is 0.0306. The Balaban J connectivity index is 1.17. The third-order valence-corrected chi connectivity index (χ3v) is 7.37. The zero-order valence-electron chi connectivity index (χ0n) is 16.9. The molecule has 1 fully saturated rings. The second kappa shape index (κ2) is 9.69. The molecule has 3 aromatic rings. The third-order valence-electron chi connectivity index (χ3n) is 5.41. The van der Waals surface area contributed by atoms with Gasteiger partial charge in [-0.15, -0.1) is 11.3 Å². The van der Waals surface area contributed by atoms with Crippen molar-refractivity contribution in [2.75, 3.05) is 37.6 Å². The van der Waals surface area contributed by atoms with Crippen LogP contribution in [0.4, 0.5) is 5.82 Å². The van der Waals surface area contributed by atoms with Gasteiger partial charge in [0.1, 0.15) is 5.82 Å². The molecule has 0 radical (unpaired) electrons. The maximum Gasteiger partial charge on any atom is 0.217 e. The van der Waals surface area contributed by atoms with Gasteiger partial charge in [0.25, 0.3) is 0 Å². The number of hydrogen-bond acceptors (Lipinski definition) is 6. The second-order valence-electron chi connectivity index (χ2n) is 7.57. The van der Waals surface area contributed by atoms with E-state index in [1.807, 2.05) is 11.3 Å². The fourth-order valence-corrected chi connectivity index (χ4v) is 5.58. The average Bonchev–Trinajstić information content (AvgIpc) is 3.37. The van der Waals surface area contributed by atoms with E-state index in [0.29, 0.717) is 6.54 Å². The Bertz CT molecular complexity index is 943. The van der Waals surface area contributed by atoms with Crippen molar-refractivity contribution < 1.29 is 4.79 Å². The third kappa shape index (κ3) is 5.35. The molecule has 1 N–H and O–H groups in total. The van der Waals surface area contributed by atoms with Gasteiger partial charge in [-0.1, -0.05) is 12.1 Å². The van der Waals surface area contributed by atoms with Gasteiger partial charge in [-0.25, -0.2) is 0 Å². The quantitative estimate of drug-likeness (QED) is 0.548. The number of carbonyl (C=O) groups excluding carboxylic acids is 1. The van der Waals surface area contributed by atoms with Crippen LogP contribution in [-0.4, -0.2) is 47.9 Å². The summed E-state index contributed by atoms with van der Waals surface area (Å²) in [5, 5.41) is 4.16. The fraction of sp³-hybridized carbons (Fsp3) is 0.455. The Morgan fingerprint density at radius 1 is 1.07 bits per heavy atom. The number of piperazine rings is 1. The molecule has 7 heteroatoms. The Labute approximate surface area is 180 Å². The first-order chi connectivity index (χ1) is 14.2.